The Kier molecular flexibility index (Phi) is 3.69. The van der Waals surface area contributed by atoms with E-state index in [1.165, 1.54) is 14.2 Å². The molecule has 3 rings (SSSR count). The third kappa shape index (κ3) is 2.40. The molecule has 0 saturated heterocycles. The average Bonchev–Trinajstić information content (AvgIpc) is 3.05. The van der Waals surface area contributed by atoms with Crippen LogP contribution in [0.5, 0.6) is 0 Å². The molecule has 3 heterocycles. The number of carbonyl (C=O) groups excluding carboxylic acids is 1. The number of hydrogen-bond donors (Lipinski definition) is 0. The normalized spacial score (nSPS) is 11.5. The molecule has 0 bridgehead atoms. The maximum Gasteiger partial charge on any atom is 0.291 e. The van der Waals surface area contributed by atoms with Gasteiger partial charge in [0.25, 0.3) is 11.5 Å². The van der Waals surface area contributed by atoms with E-state index in [0.29, 0.717) is 23.3 Å². The van der Waals surface area contributed by atoms with Gasteiger partial charge in [0.05, 0.1) is 12.6 Å². The first kappa shape index (κ1) is 15.3. The minimum Gasteiger partial charge on any atom is -0.460 e. The largest absolute Gasteiger partial charge is 0.460 e. The van der Waals surface area contributed by atoms with Crippen LogP contribution in [0.2, 0.25) is 0 Å². The number of hydrogen-bond acceptors (Lipinski definition) is 5. The highest BCUT2D eigenvalue weighted by Crippen LogP contribution is 2.23. The number of likely N-dealkylation sites (N-methyl/N-ethyl adjacent to an activating group) is 1. The van der Waals surface area contributed by atoms with E-state index in [1.807, 2.05) is 19.9 Å². The van der Waals surface area contributed by atoms with Crippen molar-refractivity contribution in [1.29, 1.82) is 0 Å². The summed E-state index contributed by atoms with van der Waals surface area (Å²) in [6.07, 6.45) is 0.610. The summed E-state index contributed by atoms with van der Waals surface area (Å²) in [5.74, 6) is 1.09. The van der Waals surface area contributed by atoms with Crippen LogP contribution in [-0.4, -0.2) is 39.3 Å². The zero-order valence-electron chi connectivity index (χ0n) is 13.5. The number of hydroxylamine groups is 2. The van der Waals surface area contributed by atoms with Crippen LogP contribution in [0.15, 0.2) is 21.3 Å². The fraction of sp³-hybridized carbons (Fsp3) is 0.400. The van der Waals surface area contributed by atoms with Crippen molar-refractivity contribution >= 4 is 22.5 Å². The number of carbonyl (C=O) groups is 1. The molecule has 0 aliphatic carbocycles. The molecule has 0 saturated carbocycles. The van der Waals surface area contributed by atoms with Crippen molar-refractivity contribution in [2.75, 3.05) is 14.2 Å². The molecule has 0 aliphatic rings. The molecule has 3 aromatic rings. The molecule has 1 amide bonds. The van der Waals surface area contributed by atoms with E-state index >= 15 is 0 Å². The van der Waals surface area contributed by atoms with E-state index in [9.17, 15) is 9.59 Å². The maximum atomic E-state index is 12.6. The lowest BCUT2D eigenvalue weighted by molar-refractivity contribution is -0.169. The molecule has 0 spiro atoms. The molecule has 0 radical (unpaired) electrons. The molecule has 0 atom stereocenters. The number of rotatable bonds is 4. The van der Waals surface area contributed by atoms with Gasteiger partial charge in [-0.25, -0.2) is 9.75 Å². The summed E-state index contributed by atoms with van der Waals surface area (Å²) < 4.78 is 8.54. The predicted molar refractivity (Wildman–Crippen MR) is 83.1 cm³/mol. The van der Waals surface area contributed by atoms with Gasteiger partial charge in [-0.05, 0) is 6.92 Å². The standard InChI is InChI=1S/C15H18N4O4/c1-5-13-16-18(8-14(20)17(3)22-4)15(21)11-7-12-10(19(11)13)6-9(2)23-12/h6-7H,5,8H2,1-4H3. The Morgan fingerprint density at radius 3 is 2.78 bits per heavy atom. The van der Waals surface area contributed by atoms with E-state index in [0.717, 1.165) is 21.0 Å². The van der Waals surface area contributed by atoms with Gasteiger partial charge in [0.15, 0.2) is 5.58 Å². The van der Waals surface area contributed by atoms with Crippen LogP contribution in [0.1, 0.15) is 18.5 Å². The van der Waals surface area contributed by atoms with Gasteiger partial charge in [-0.15, -0.1) is 0 Å². The van der Waals surface area contributed by atoms with Gasteiger partial charge in [-0.2, -0.15) is 5.10 Å². The Hall–Kier alpha value is -2.61. The monoisotopic (exact) mass is 318 g/mol. The van der Waals surface area contributed by atoms with Crippen molar-refractivity contribution in [1.82, 2.24) is 19.2 Å². The first-order chi connectivity index (χ1) is 11.0. The third-order valence-electron chi connectivity index (χ3n) is 3.79. The molecule has 8 heteroatoms. The summed E-state index contributed by atoms with van der Waals surface area (Å²) in [7, 11) is 2.87. The van der Waals surface area contributed by atoms with Gasteiger partial charge in [0.1, 0.15) is 23.6 Å². The Bertz CT molecular complexity index is 950. The van der Waals surface area contributed by atoms with Gasteiger partial charge < -0.3 is 4.42 Å². The molecule has 0 aromatic carbocycles. The van der Waals surface area contributed by atoms with E-state index in [-0.39, 0.29) is 18.0 Å². The van der Waals surface area contributed by atoms with Crippen LogP contribution in [0.25, 0.3) is 16.6 Å². The molecule has 122 valence electrons. The molecule has 3 aromatic heterocycles. The van der Waals surface area contributed by atoms with Gasteiger partial charge in [-0.3, -0.25) is 18.8 Å². The van der Waals surface area contributed by atoms with E-state index in [1.54, 1.807) is 10.5 Å². The maximum absolute atomic E-state index is 12.6. The highest BCUT2D eigenvalue weighted by atomic mass is 16.7. The lowest BCUT2D eigenvalue weighted by atomic mass is 10.4. The van der Waals surface area contributed by atoms with Crippen molar-refractivity contribution < 1.29 is 14.0 Å². The van der Waals surface area contributed by atoms with E-state index in [4.69, 9.17) is 9.25 Å². The molecule has 0 unspecified atom stereocenters. The Morgan fingerprint density at radius 1 is 1.39 bits per heavy atom. The average molecular weight is 318 g/mol. The molecular formula is C15H18N4O4. The van der Waals surface area contributed by atoms with Crippen LogP contribution < -0.4 is 5.56 Å². The minimum absolute atomic E-state index is 0.182. The summed E-state index contributed by atoms with van der Waals surface area (Å²) in [5, 5.41) is 5.40. The summed E-state index contributed by atoms with van der Waals surface area (Å²) in [5.41, 5.74) is 1.54. The SMILES string of the molecule is CCc1nn(CC(=O)N(C)OC)c(=O)c2cc3oc(C)cc3n12. The summed E-state index contributed by atoms with van der Waals surface area (Å²) in [4.78, 5) is 29.4. The predicted octanol–water partition coefficient (Wildman–Crippen LogP) is 1.13. The molecular weight excluding hydrogens is 300 g/mol. The van der Waals surface area contributed by atoms with Crippen LogP contribution >= 0.6 is 0 Å². The number of furan rings is 1. The third-order valence-corrected chi connectivity index (χ3v) is 3.79. The van der Waals surface area contributed by atoms with Crippen LogP contribution in [0.4, 0.5) is 0 Å². The van der Waals surface area contributed by atoms with Crippen molar-refractivity contribution in [3.63, 3.8) is 0 Å². The van der Waals surface area contributed by atoms with Crippen molar-refractivity contribution in [3.05, 3.63) is 34.1 Å². The van der Waals surface area contributed by atoms with Crippen molar-refractivity contribution in [3.8, 4) is 0 Å². The Balaban J connectivity index is 2.20. The number of amides is 1. The smallest absolute Gasteiger partial charge is 0.291 e. The zero-order valence-corrected chi connectivity index (χ0v) is 13.5. The number of aryl methyl sites for hydroxylation is 2. The highest BCUT2D eigenvalue weighted by molar-refractivity contribution is 5.83. The summed E-state index contributed by atoms with van der Waals surface area (Å²) in [6, 6.07) is 3.56. The van der Waals surface area contributed by atoms with Crippen LogP contribution in [0, 0.1) is 6.92 Å². The lowest BCUT2D eigenvalue weighted by Crippen LogP contribution is -2.35. The zero-order chi connectivity index (χ0) is 16.7. The fourth-order valence-electron chi connectivity index (χ4n) is 2.58. The summed E-state index contributed by atoms with van der Waals surface area (Å²) in [6.45, 7) is 3.61. The highest BCUT2D eigenvalue weighted by Gasteiger charge is 2.18. The number of aromatic nitrogens is 3. The van der Waals surface area contributed by atoms with E-state index in [2.05, 4.69) is 5.10 Å². The van der Waals surface area contributed by atoms with Gasteiger partial charge in [0, 0.05) is 25.6 Å². The topological polar surface area (TPSA) is 82.0 Å². The second kappa shape index (κ2) is 5.54. The molecule has 0 fully saturated rings. The second-order valence-corrected chi connectivity index (χ2v) is 5.28. The molecule has 23 heavy (non-hydrogen) atoms. The number of fused-ring (bicyclic) bond motifs is 3. The van der Waals surface area contributed by atoms with Crippen molar-refractivity contribution in [2.45, 2.75) is 26.8 Å². The molecule has 0 N–H and O–H groups in total. The Morgan fingerprint density at radius 2 is 2.13 bits per heavy atom. The van der Waals surface area contributed by atoms with Gasteiger partial charge in [0.2, 0.25) is 0 Å². The molecule has 0 aliphatic heterocycles. The summed E-state index contributed by atoms with van der Waals surface area (Å²) >= 11 is 0. The first-order valence-corrected chi connectivity index (χ1v) is 7.28. The lowest BCUT2D eigenvalue weighted by Gasteiger charge is -2.14. The van der Waals surface area contributed by atoms with Crippen LogP contribution in [0.3, 0.4) is 0 Å². The Labute approximate surface area is 131 Å². The quantitative estimate of drug-likeness (QED) is 0.674. The molecule has 8 nitrogen and oxygen atoms in total. The number of nitrogens with zero attached hydrogens (tertiary/aromatic N) is 4. The van der Waals surface area contributed by atoms with Crippen LogP contribution in [-0.2, 0) is 22.6 Å². The van der Waals surface area contributed by atoms with E-state index < -0.39 is 0 Å². The first-order valence-electron chi connectivity index (χ1n) is 7.28. The van der Waals surface area contributed by atoms with Crippen molar-refractivity contribution in [2.24, 2.45) is 0 Å². The fourth-order valence-corrected chi connectivity index (χ4v) is 2.58. The second-order valence-electron chi connectivity index (χ2n) is 5.28. The minimum atomic E-state index is -0.361. The van der Waals surface area contributed by atoms with Gasteiger partial charge >= 0.3 is 0 Å². The van der Waals surface area contributed by atoms with Gasteiger partial charge in [-0.1, -0.05) is 6.92 Å².